The van der Waals surface area contributed by atoms with E-state index in [1.54, 1.807) is 0 Å². The van der Waals surface area contributed by atoms with Gasteiger partial charge in [0.2, 0.25) is 0 Å². The monoisotopic (exact) mass is 416 g/mol. The first-order valence-corrected chi connectivity index (χ1v) is 12.3. The number of fused-ring (bicyclic) bond motifs is 4. The number of rotatable bonds is 7. The van der Waals surface area contributed by atoms with E-state index in [0.29, 0.717) is 18.5 Å². The van der Waals surface area contributed by atoms with E-state index in [1.165, 1.54) is 49.0 Å². The molecule has 0 spiro atoms. The molecule has 5 rings (SSSR count). The molecule has 1 saturated carbocycles. The van der Waals surface area contributed by atoms with E-state index in [9.17, 15) is 4.79 Å². The molecule has 1 heterocycles. The summed E-state index contributed by atoms with van der Waals surface area (Å²) in [5, 5.41) is 3.14. The molecule has 164 valence electrons. The van der Waals surface area contributed by atoms with E-state index < -0.39 is 0 Å². The van der Waals surface area contributed by atoms with Crippen molar-refractivity contribution in [3.63, 3.8) is 0 Å². The first-order valence-electron chi connectivity index (χ1n) is 12.3. The van der Waals surface area contributed by atoms with Crippen LogP contribution < -0.4 is 5.32 Å². The number of piperidine rings is 1. The number of hydrogen-bond donors (Lipinski definition) is 1. The van der Waals surface area contributed by atoms with Gasteiger partial charge in [-0.1, -0.05) is 50.2 Å². The van der Waals surface area contributed by atoms with Crippen LogP contribution in [0.2, 0.25) is 0 Å². The van der Waals surface area contributed by atoms with E-state index >= 15 is 0 Å². The Morgan fingerprint density at radius 3 is 2.71 bits per heavy atom. The standard InChI is InChI=1S/C28H36N2O/c1-3-28-14-16-30(19-22-9-10-22)26(20(28)2)18-23-11-12-24(17-25(23)28)27(31)29-15-13-21-7-5-4-6-8-21/h4-8,11-12,17,20,22,26H,3,9-10,13-16,18-19H2,1-2H3,(H,29,31). The molecule has 1 amide bonds. The zero-order chi connectivity index (χ0) is 21.4. The topological polar surface area (TPSA) is 32.3 Å². The summed E-state index contributed by atoms with van der Waals surface area (Å²) < 4.78 is 0. The summed E-state index contributed by atoms with van der Waals surface area (Å²) in [4.78, 5) is 15.7. The maximum absolute atomic E-state index is 12.9. The Kier molecular flexibility index (Phi) is 5.64. The van der Waals surface area contributed by atoms with Gasteiger partial charge in [-0.25, -0.2) is 0 Å². The van der Waals surface area contributed by atoms with Crippen LogP contribution in [-0.4, -0.2) is 36.5 Å². The molecule has 3 aliphatic rings. The van der Waals surface area contributed by atoms with Crippen molar-refractivity contribution in [1.29, 1.82) is 0 Å². The van der Waals surface area contributed by atoms with E-state index in [2.05, 4.69) is 66.5 Å². The molecule has 0 aromatic heterocycles. The summed E-state index contributed by atoms with van der Waals surface area (Å²) in [6, 6.07) is 17.6. The Morgan fingerprint density at radius 1 is 1.16 bits per heavy atom. The second kappa shape index (κ2) is 8.43. The highest BCUT2D eigenvalue weighted by atomic mass is 16.1. The van der Waals surface area contributed by atoms with Crippen LogP contribution in [-0.2, 0) is 18.3 Å². The fourth-order valence-corrected chi connectivity index (χ4v) is 6.31. The Labute approximate surface area is 187 Å². The second-order valence-corrected chi connectivity index (χ2v) is 10.1. The van der Waals surface area contributed by atoms with Crippen LogP contribution in [0.3, 0.4) is 0 Å². The van der Waals surface area contributed by atoms with Crippen LogP contribution in [0.4, 0.5) is 0 Å². The van der Waals surface area contributed by atoms with Gasteiger partial charge in [0.25, 0.3) is 5.91 Å². The van der Waals surface area contributed by atoms with Crippen molar-refractivity contribution in [1.82, 2.24) is 10.2 Å². The van der Waals surface area contributed by atoms with Gasteiger partial charge >= 0.3 is 0 Å². The average Bonchev–Trinajstić information content (AvgIpc) is 3.61. The molecule has 2 fully saturated rings. The van der Waals surface area contributed by atoms with Gasteiger partial charge in [-0.05, 0) is 85.7 Å². The highest BCUT2D eigenvalue weighted by Gasteiger charge is 2.50. The maximum Gasteiger partial charge on any atom is 0.251 e. The van der Waals surface area contributed by atoms with Gasteiger partial charge in [-0.3, -0.25) is 9.69 Å². The minimum absolute atomic E-state index is 0.0610. The third-order valence-corrected chi connectivity index (χ3v) is 8.46. The smallest absolute Gasteiger partial charge is 0.251 e. The van der Waals surface area contributed by atoms with Gasteiger partial charge in [-0.15, -0.1) is 0 Å². The first kappa shape index (κ1) is 20.8. The summed E-state index contributed by atoms with van der Waals surface area (Å²) in [5.41, 5.74) is 5.24. The Balaban J connectivity index is 1.33. The van der Waals surface area contributed by atoms with Crippen molar-refractivity contribution in [2.45, 2.75) is 63.8 Å². The molecule has 3 nitrogen and oxygen atoms in total. The molecular weight excluding hydrogens is 380 g/mol. The van der Waals surface area contributed by atoms with E-state index in [-0.39, 0.29) is 11.3 Å². The van der Waals surface area contributed by atoms with Gasteiger partial charge in [0.05, 0.1) is 0 Å². The summed E-state index contributed by atoms with van der Waals surface area (Å²) in [5.74, 6) is 1.66. The molecule has 31 heavy (non-hydrogen) atoms. The molecule has 2 aromatic carbocycles. The molecule has 2 bridgehead atoms. The fraction of sp³-hybridized carbons (Fsp3) is 0.536. The molecule has 2 aromatic rings. The number of likely N-dealkylation sites (tertiary alicyclic amines) is 1. The summed E-state index contributed by atoms with van der Waals surface area (Å²) in [7, 11) is 0. The molecule has 3 atom stereocenters. The predicted molar refractivity (Wildman–Crippen MR) is 126 cm³/mol. The Bertz CT molecular complexity index is 935. The lowest BCUT2D eigenvalue weighted by Crippen LogP contribution is -2.59. The van der Waals surface area contributed by atoms with Crippen LogP contribution >= 0.6 is 0 Å². The third kappa shape index (κ3) is 3.93. The van der Waals surface area contributed by atoms with Crippen molar-refractivity contribution < 1.29 is 4.79 Å². The highest BCUT2D eigenvalue weighted by molar-refractivity contribution is 5.94. The molecule has 1 N–H and O–H groups in total. The van der Waals surface area contributed by atoms with Gasteiger partial charge in [-0.2, -0.15) is 0 Å². The quantitative estimate of drug-likeness (QED) is 0.690. The summed E-state index contributed by atoms with van der Waals surface area (Å²) in [6.07, 6.45) is 7.24. The minimum Gasteiger partial charge on any atom is -0.352 e. The van der Waals surface area contributed by atoms with E-state index in [4.69, 9.17) is 0 Å². The number of benzene rings is 2. The van der Waals surface area contributed by atoms with E-state index in [1.807, 2.05) is 6.07 Å². The maximum atomic E-state index is 12.9. The van der Waals surface area contributed by atoms with Crippen molar-refractivity contribution >= 4 is 5.91 Å². The van der Waals surface area contributed by atoms with Crippen molar-refractivity contribution in [3.05, 3.63) is 70.8 Å². The Morgan fingerprint density at radius 2 is 1.97 bits per heavy atom. The van der Waals surface area contributed by atoms with Crippen molar-refractivity contribution in [2.24, 2.45) is 11.8 Å². The molecule has 3 unspecified atom stereocenters. The van der Waals surface area contributed by atoms with Gasteiger partial charge in [0.15, 0.2) is 0 Å². The predicted octanol–water partition coefficient (Wildman–Crippen LogP) is 4.98. The molecule has 2 aliphatic carbocycles. The largest absolute Gasteiger partial charge is 0.352 e. The average molecular weight is 417 g/mol. The number of hydrogen-bond acceptors (Lipinski definition) is 2. The highest BCUT2D eigenvalue weighted by Crippen LogP contribution is 2.51. The number of carbonyl (C=O) groups excluding carboxylic acids is 1. The zero-order valence-electron chi connectivity index (χ0n) is 19.1. The van der Waals surface area contributed by atoms with Crippen LogP contribution in [0.15, 0.2) is 48.5 Å². The number of amides is 1. The SMILES string of the molecule is CCC12CCN(CC3CC3)C(Cc3ccc(C(=O)NCCc4ccccc4)cc31)C2C. The van der Waals surface area contributed by atoms with Crippen LogP contribution in [0, 0.1) is 11.8 Å². The number of nitrogens with zero attached hydrogens (tertiary/aromatic N) is 1. The lowest BCUT2D eigenvalue weighted by Gasteiger charge is -2.56. The normalized spacial score (nSPS) is 27.5. The van der Waals surface area contributed by atoms with Gasteiger partial charge in [0.1, 0.15) is 0 Å². The lowest BCUT2D eigenvalue weighted by molar-refractivity contribution is 0.0180. The summed E-state index contributed by atoms with van der Waals surface area (Å²) >= 11 is 0. The zero-order valence-corrected chi connectivity index (χ0v) is 19.1. The first-order chi connectivity index (χ1) is 15.1. The number of carbonyl (C=O) groups is 1. The molecule has 3 heteroatoms. The van der Waals surface area contributed by atoms with Crippen LogP contribution in [0.1, 0.15) is 66.6 Å². The lowest BCUT2D eigenvalue weighted by atomic mass is 9.56. The third-order valence-electron chi connectivity index (χ3n) is 8.46. The van der Waals surface area contributed by atoms with Gasteiger partial charge in [0, 0.05) is 30.1 Å². The molecular formula is C28H36N2O. The van der Waals surface area contributed by atoms with Crippen LogP contribution in [0.25, 0.3) is 0 Å². The molecule has 0 radical (unpaired) electrons. The molecule has 1 aliphatic heterocycles. The van der Waals surface area contributed by atoms with Crippen molar-refractivity contribution in [2.75, 3.05) is 19.6 Å². The van der Waals surface area contributed by atoms with Gasteiger partial charge < -0.3 is 5.32 Å². The van der Waals surface area contributed by atoms with Crippen molar-refractivity contribution in [3.8, 4) is 0 Å². The minimum atomic E-state index is 0.0610. The second-order valence-electron chi connectivity index (χ2n) is 10.1. The molecule has 1 saturated heterocycles. The summed E-state index contributed by atoms with van der Waals surface area (Å²) in [6.45, 7) is 8.01. The van der Waals surface area contributed by atoms with E-state index in [0.717, 1.165) is 30.7 Å². The van der Waals surface area contributed by atoms with Crippen LogP contribution in [0.5, 0.6) is 0 Å². The number of nitrogens with one attached hydrogen (secondary N) is 1. The Hall–Kier alpha value is -2.13. The fourth-order valence-electron chi connectivity index (χ4n) is 6.31.